The van der Waals surface area contributed by atoms with Crippen molar-refractivity contribution in [1.29, 1.82) is 0 Å². The Kier molecular flexibility index (Phi) is 4.85. The third-order valence-corrected chi connectivity index (χ3v) is 3.65. The maximum absolute atomic E-state index is 12.0. The molecule has 0 radical (unpaired) electrons. The first kappa shape index (κ1) is 17.0. The fourth-order valence-electron chi connectivity index (χ4n) is 2.37. The highest BCUT2D eigenvalue weighted by molar-refractivity contribution is 5.92. The van der Waals surface area contributed by atoms with Gasteiger partial charge in [0.2, 0.25) is 11.8 Å². The number of carbonyl (C=O) groups excluding carboxylic acids is 2. The number of fused-ring (bicyclic) bond motifs is 1. The van der Waals surface area contributed by atoms with Gasteiger partial charge in [0.05, 0.1) is 12.1 Å². The summed E-state index contributed by atoms with van der Waals surface area (Å²) in [7, 11) is 0. The fourth-order valence-corrected chi connectivity index (χ4v) is 2.37. The fraction of sp³-hybridized carbons (Fsp3) is 0.105. The number of para-hydroxylation sites is 2. The first-order valence-corrected chi connectivity index (χ1v) is 7.78. The molecule has 0 saturated carbocycles. The highest BCUT2D eigenvalue weighted by Gasteiger charge is 2.11. The van der Waals surface area contributed by atoms with Gasteiger partial charge in [0.25, 0.3) is 0 Å². The minimum Gasteiger partial charge on any atom is -0.408 e. The van der Waals surface area contributed by atoms with Crippen molar-refractivity contribution < 1.29 is 14.0 Å². The molecule has 26 heavy (non-hydrogen) atoms. The first-order chi connectivity index (χ1) is 12.5. The standard InChI is InChI=1S/C19H15N3O4/c20-18(24)14-9-7-13(8-10-14)4-3-11-21-17(23)12-22-15-5-1-2-6-16(15)26-19(22)25/h1-2,5-10H,11-12H2,(H2,20,24)(H,21,23). The number of benzene rings is 2. The first-order valence-electron chi connectivity index (χ1n) is 7.78. The van der Waals surface area contributed by atoms with Gasteiger partial charge in [0.15, 0.2) is 5.58 Å². The van der Waals surface area contributed by atoms with Gasteiger partial charge in [-0.3, -0.25) is 14.2 Å². The van der Waals surface area contributed by atoms with Crippen molar-refractivity contribution in [2.24, 2.45) is 5.73 Å². The SMILES string of the molecule is NC(=O)c1ccc(C#CCNC(=O)Cn2c(=O)oc3ccccc32)cc1. The Hall–Kier alpha value is -3.79. The average Bonchev–Trinajstić information content (AvgIpc) is 2.95. The van der Waals surface area contributed by atoms with Crippen molar-refractivity contribution in [3.63, 3.8) is 0 Å². The second-order valence-corrected chi connectivity index (χ2v) is 5.44. The number of nitrogens with two attached hydrogens (primary N) is 1. The van der Waals surface area contributed by atoms with Crippen LogP contribution in [-0.4, -0.2) is 22.9 Å². The van der Waals surface area contributed by atoms with Crippen molar-refractivity contribution in [2.45, 2.75) is 6.54 Å². The molecule has 0 saturated heterocycles. The van der Waals surface area contributed by atoms with Gasteiger partial charge in [0, 0.05) is 11.1 Å². The quantitative estimate of drug-likeness (QED) is 0.681. The minimum absolute atomic E-state index is 0.126. The number of carbonyl (C=O) groups is 2. The van der Waals surface area contributed by atoms with Crippen LogP contribution in [0.3, 0.4) is 0 Å². The van der Waals surface area contributed by atoms with Crippen LogP contribution >= 0.6 is 0 Å². The van der Waals surface area contributed by atoms with Crippen molar-refractivity contribution in [1.82, 2.24) is 9.88 Å². The van der Waals surface area contributed by atoms with Crippen LogP contribution in [0, 0.1) is 11.8 Å². The number of hydrogen-bond acceptors (Lipinski definition) is 4. The molecule has 0 aliphatic carbocycles. The number of primary amides is 1. The summed E-state index contributed by atoms with van der Waals surface area (Å²) in [6.45, 7) is -0.0220. The van der Waals surface area contributed by atoms with Crippen LogP contribution in [0.1, 0.15) is 15.9 Å². The molecule has 0 aliphatic rings. The normalized spacial score (nSPS) is 10.2. The van der Waals surface area contributed by atoms with E-state index in [0.29, 0.717) is 22.2 Å². The summed E-state index contributed by atoms with van der Waals surface area (Å²) in [5.74, 6) is 4.23. The van der Waals surface area contributed by atoms with E-state index < -0.39 is 11.7 Å². The van der Waals surface area contributed by atoms with E-state index in [1.54, 1.807) is 48.5 Å². The molecule has 0 fully saturated rings. The van der Waals surface area contributed by atoms with Gasteiger partial charge in [-0.25, -0.2) is 4.79 Å². The zero-order valence-electron chi connectivity index (χ0n) is 13.7. The molecular weight excluding hydrogens is 334 g/mol. The number of nitrogens with zero attached hydrogens (tertiary/aromatic N) is 1. The van der Waals surface area contributed by atoms with Crippen LogP contribution in [0.5, 0.6) is 0 Å². The van der Waals surface area contributed by atoms with Gasteiger partial charge < -0.3 is 15.5 Å². The molecule has 2 amide bonds. The molecule has 0 spiro atoms. The molecular formula is C19H15N3O4. The third kappa shape index (κ3) is 3.82. The molecule has 2 aromatic carbocycles. The molecule has 130 valence electrons. The van der Waals surface area contributed by atoms with Gasteiger partial charge in [0.1, 0.15) is 6.54 Å². The highest BCUT2D eigenvalue weighted by Crippen LogP contribution is 2.11. The van der Waals surface area contributed by atoms with E-state index in [1.807, 2.05) is 0 Å². The van der Waals surface area contributed by atoms with E-state index in [0.717, 1.165) is 0 Å². The maximum Gasteiger partial charge on any atom is 0.420 e. The monoisotopic (exact) mass is 349 g/mol. The Morgan fingerprint density at radius 1 is 1.12 bits per heavy atom. The number of nitrogens with one attached hydrogen (secondary N) is 1. The summed E-state index contributed by atoms with van der Waals surface area (Å²) in [6.07, 6.45) is 0. The molecule has 3 rings (SSSR count). The number of hydrogen-bond donors (Lipinski definition) is 2. The lowest BCUT2D eigenvalue weighted by Crippen LogP contribution is -2.30. The molecule has 3 N–H and O–H groups in total. The Morgan fingerprint density at radius 2 is 1.85 bits per heavy atom. The van der Waals surface area contributed by atoms with Crippen molar-refractivity contribution in [3.8, 4) is 11.8 Å². The van der Waals surface area contributed by atoms with E-state index >= 15 is 0 Å². The van der Waals surface area contributed by atoms with Crippen LogP contribution in [-0.2, 0) is 11.3 Å². The number of aromatic nitrogens is 1. The summed E-state index contributed by atoms with van der Waals surface area (Å²) < 4.78 is 6.34. The van der Waals surface area contributed by atoms with E-state index in [4.69, 9.17) is 10.2 Å². The average molecular weight is 349 g/mol. The van der Waals surface area contributed by atoms with Gasteiger partial charge in [-0.1, -0.05) is 24.0 Å². The van der Waals surface area contributed by atoms with E-state index in [9.17, 15) is 14.4 Å². The maximum atomic E-state index is 12.0. The highest BCUT2D eigenvalue weighted by atomic mass is 16.4. The molecule has 0 bridgehead atoms. The minimum atomic E-state index is -0.582. The Balaban J connectivity index is 1.59. The lowest BCUT2D eigenvalue weighted by atomic mass is 10.1. The zero-order chi connectivity index (χ0) is 18.5. The van der Waals surface area contributed by atoms with Gasteiger partial charge in [-0.15, -0.1) is 0 Å². The lowest BCUT2D eigenvalue weighted by Gasteiger charge is -2.02. The molecule has 0 atom stereocenters. The molecule has 3 aromatic rings. The molecule has 1 aromatic heterocycles. The van der Waals surface area contributed by atoms with Crippen LogP contribution in [0.4, 0.5) is 0 Å². The van der Waals surface area contributed by atoms with Crippen molar-refractivity contribution in [2.75, 3.05) is 6.54 Å². The molecule has 0 aliphatic heterocycles. The number of amides is 2. The summed E-state index contributed by atoms with van der Waals surface area (Å²) in [5.41, 5.74) is 7.26. The largest absolute Gasteiger partial charge is 0.420 e. The Morgan fingerprint density at radius 3 is 2.58 bits per heavy atom. The second-order valence-electron chi connectivity index (χ2n) is 5.44. The number of oxazole rings is 1. The van der Waals surface area contributed by atoms with E-state index in [1.165, 1.54) is 4.57 Å². The predicted octanol–water partition coefficient (Wildman–Crippen LogP) is 0.861. The second kappa shape index (κ2) is 7.40. The summed E-state index contributed by atoms with van der Waals surface area (Å²) in [5, 5.41) is 2.62. The van der Waals surface area contributed by atoms with Gasteiger partial charge in [-0.05, 0) is 36.4 Å². The summed E-state index contributed by atoms with van der Waals surface area (Å²) >= 11 is 0. The van der Waals surface area contributed by atoms with Crippen LogP contribution in [0.25, 0.3) is 11.1 Å². The molecule has 1 heterocycles. The predicted molar refractivity (Wildman–Crippen MR) is 95.3 cm³/mol. The lowest BCUT2D eigenvalue weighted by molar-refractivity contribution is -0.121. The van der Waals surface area contributed by atoms with Crippen molar-refractivity contribution >= 4 is 22.9 Å². The molecule has 0 unspecified atom stereocenters. The van der Waals surface area contributed by atoms with Crippen LogP contribution < -0.4 is 16.8 Å². The number of rotatable bonds is 4. The van der Waals surface area contributed by atoms with Gasteiger partial charge in [-0.2, -0.15) is 0 Å². The van der Waals surface area contributed by atoms with Crippen molar-refractivity contribution in [3.05, 3.63) is 70.2 Å². The molecule has 7 heteroatoms. The Labute approximate surface area is 148 Å². The molecule has 7 nitrogen and oxygen atoms in total. The van der Waals surface area contributed by atoms with E-state index in [2.05, 4.69) is 17.2 Å². The van der Waals surface area contributed by atoms with E-state index in [-0.39, 0.29) is 19.0 Å². The third-order valence-electron chi connectivity index (χ3n) is 3.65. The topological polar surface area (TPSA) is 107 Å². The smallest absolute Gasteiger partial charge is 0.408 e. The zero-order valence-corrected chi connectivity index (χ0v) is 13.7. The van der Waals surface area contributed by atoms with Crippen LogP contribution in [0.2, 0.25) is 0 Å². The van der Waals surface area contributed by atoms with Gasteiger partial charge >= 0.3 is 5.76 Å². The van der Waals surface area contributed by atoms with Crippen LogP contribution in [0.15, 0.2) is 57.7 Å². The Bertz CT molecular complexity index is 1080. The summed E-state index contributed by atoms with van der Waals surface area (Å²) in [4.78, 5) is 34.8. The summed E-state index contributed by atoms with van der Waals surface area (Å²) in [6, 6.07) is 13.4.